The van der Waals surface area contributed by atoms with E-state index in [-0.39, 0.29) is 13.1 Å². The number of fused-ring (bicyclic) bond motifs is 1. The van der Waals surface area contributed by atoms with Gasteiger partial charge in [-0.15, -0.1) is 5.10 Å². The third kappa shape index (κ3) is 5.07. The first-order valence-corrected chi connectivity index (χ1v) is 10.6. The van der Waals surface area contributed by atoms with E-state index < -0.39 is 23.7 Å². The molecule has 1 atom stereocenters. The van der Waals surface area contributed by atoms with Gasteiger partial charge in [0.25, 0.3) is 0 Å². The summed E-state index contributed by atoms with van der Waals surface area (Å²) in [7, 11) is 1.53. The van der Waals surface area contributed by atoms with Crippen LogP contribution in [0.2, 0.25) is 0 Å². The lowest BCUT2D eigenvalue weighted by Crippen LogP contribution is -2.46. The van der Waals surface area contributed by atoms with Crippen molar-refractivity contribution in [3.63, 3.8) is 0 Å². The number of hydrogen-bond acceptors (Lipinski definition) is 6. The minimum Gasteiger partial charge on any atom is -0.383 e. The zero-order valence-corrected chi connectivity index (χ0v) is 18.5. The van der Waals surface area contributed by atoms with Crippen molar-refractivity contribution < 1.29 is 18.7 Å². The van der Waals surface area contributed by atoms with E-state index in [1.165, 1.54) is 41.0 Å². The van der Waals surface area contributed by atoms with Crippen LogP contribution in [0.5, 0.6) is 0 Å². The summed E-state index contributed by atoms with van der Waals surface area (Å²) in [6.07, 6.45) is 3.09. The number of ether oxygens (including phenoxy) is 1. The van der Waals surface area contributed by atoms with E-state index in [9.17, 15) is 14.0 Å². The van der Waals surface area contributed by atoms with Crippen LogP contribution in [0, 0.1) is 5.82 Å². The molecule has 0 aliphatic heterocycles. The molecular weight excluding hydrogens is 439 g/mol. The number of amides is 2. The molecule has 2 aromatic carbocycles. The van der Waals surface area contributed by atoms with E-state index >= 15 is 0 Å². The normalized spacial score (nSPS) is 11.8. The fraction of sp³-hybridized carbons (Fsp3) is 0.208. The molecule has 9 nitrogen and oxygen atoms in total. The Morgan fingerprint density at radius 2 is 1.82 bits per heavy atom. The monoisotopic (exact) mass is 462 g/mol. The van der Waals surface area contributed by atoms with Crippen molar-refractivity contribution >= 4 is 28.5 Å². The summed E-state index contributed by atoms with van der Waals surface area (Å²) < 4.78 is 20.2. The van der Waals surface area contributed by atoms with Crippen LogP contribution in [0.15, 0.2) is 73.1 Å². The Bertz CT molecular complexity index is 1260. The van der Waals surface area contributed by atoms with Crippen LogP contribution < -0.4 is 10.2 Å². The van der Waals surface area contributed by atoms with E-state index in [2.05, 4.69) is 20.6 Å². The smallest absolute Gasteiger partial charge is 0.249 e. The Balaban J connectivity index is 1.75. The number of rotatable bonds is 9. The maximum absolute atomic E-state index is 13.7. The molecule has 174 valence electrons. The van der Waals surface area contributed by atoms with Gasteiger partial charge >= 0.3 is 0 Å². The number of para-hydroxylation sites is 1. The first kappa shape index (κ1) is 23.0. The number of anilines is 1. The van der Waals surface area contributed by atoms with Gasteiger partial charge in [-0.05, 0) is 54.1 Å². The maximum Gasteiger partial charge on any atom is 0.249 e. The summed E-state index contributed by atoms with van der Waals surface area (Å²) in [5.41, 5.74) is 2.23. The Morgan fingerprint density at radius 3 is 2.56 bits per heavy atom. The predicted octanol–water partition coefficient (Wildman–Crippen LogP) is 2.50. The highest BCUT2D eigenvalue weighted by atomic mass is 19.1. The van der Waals surface area contributed by atoms with E-state index in [1.54, 1.807) is 30.6 Å². The molecule has 0 bridgehead atoms. The molecule has 2 aromatic heterocycles. The van der Waals surface area contributed by atoms with Crippen molar-refractivity contribution in [2.24, 2.45) is 0 Å². The Labute approximate surface area is 195 Å². The highest BCUT2D eigenvalue weighted by Crippen LogP contribution is 2.28. The zero-order chi connectivity index (χ0) is 23.9. The fourth-order valence-corrected chi connectivity index (χ4v) is 3.61. The van der Waals surface area contributed by atoms with Crippen molar-refractivity contribution in [3.8, 4) is 0 Å². The minimum absolute atomic E-state index is 0.176. The summed E-state index contributed by atoms with van der Waals surface area (Å²) >= 11 is 0. The number of nitrogens with zero attached hydrogens (tertiary/aromatic N) is 5. The highest BCUT2D eigenvalue weighted by Gasteiger charge is 2.33. The van der Waals surface area contributed by atoms with Crippen LogP contribution in [0.1, 0.15) is 11.6 Å². The number of pyridine rings is 1. The average Bonchev–Trinajstić information content (AvgIpc) is 3.26. The lowest BCUT2D eigenvalue weighted by atomic mass is 10.0. The van der Waals surface area contributed by atoms with Gasteiger partial charge < -0.3 is 10.1 Å². The second-order valence-corrected chi connectivity index (χ2v) is 7.44. The second-order valence-electron chi connectivity index (χ2n) is 7.44. The van der Waals surface area contributed by atoms with Gasteiger partial charge in [0.15, 0.2) is 0 Å². The van der Waals surface area contributed by atoms with Gasteiger partial charge in [-0.1, -0.05) is 17.3 Å². The molecule has 4 rings (SSSR count). The van der Waals surface area contributed by atoms with E-state index in [4.69, 9.17) is 4.74 Å². The molecular formula is C24H23FN6O3. The number of benzene rings is 2. The first-order chi connectivity index (χ1) is 16.6. The lowest BCUT2D eigenvalue weighted by Gasteiger charge is -2.31. The van der Waals surface area contributed by atoms with Gasteiger partial charge in [0, 0.05) is 31.7 Å². The number of nitrogens with one attached hydrogen (secondary N) is 1. The standard InChI is InChI=1S/C24H23FN6O3/c1-34-15-14-27-24(33)23(17-10-12-26-13-11-17)31(19-8-6-18(25)7-9-19)22(32)16-30-21-5-3-2-4-20(21)28-29-30/h2-13,23H,14-16H2,1H3,(H,27,33)/t23-/m1/s1. The molecule has 2 heterocycles. The molecule has 10 heteroatoms. The van der Waals surface area contributed by atoms with E-state index in [0.29, 0.717) is 28.9 Å². The summed E-state index contributed by atoms with van der Waals surface area (Å²) in [5.74, 6) is -1.29. The molecule has 0 saturated carbocycles. The van der Waals surface area contributed by atoms with Gasteiger partial charge in [-0.2, -0.15) is 0 Å². The minimum atomic E-state index is -1.03. The van der Waals surface area contributed by atoms with Crippen LogP contribution in [0.4, 0.5) is 10.1 Å². The topological polar surface area (TPSA) is 102 Å². The molecule has 0 saturated heterocycles. The van der Waals surface area contributed by atoms with Crippen LogP contribution in [-0.2, 0) is 20.9 Å². The van der Waals surface area contributed by atoms with Gasteiger partial charge in [0.2, 0.25) is 11.8 Å². The quantitative estimate of drug-likeness (QED) is 0.384. The van der Waals surface area contributed by atoms with Crippen LogP contribution in [0.3, 0.4) is 0 Å². The fourth-order valence-electron chi connectivity index (χ4n) is 3.61. The maximum atomic E-state index is 13.7. The average molecular weight is 462 g/mol. The number of aromatic nitrogens is 4. The third-order valence-electron chi connectivity index (χ3n) is 5.21. The third-order valence-corrected chi connectivity index (χ3v) is 5.21. The first-order valence-electron chi connectivity index (χ1n) is 10.6. The SMILES string of the molecule is COCCNC(=O)[C@@H](c1ccncc1)N(C(=O)Cn1nnc2ccccc21)c1ccc(F)cc1. The van der Waals surface area contributed by atoms with E-state index in [0.717, 1.165) is 0 Å². The Kier molecular flexibility index (Phi) is 7.19. The molecule has 0 fully saturated rings. The summed E-state index contributed by atoms with van der Waals surface area (Å²) in [5, 5.41) is 11.0. The lowest BCUT2D eigenvalue weighted by molar-refractivity contribution is -0.127. The van der Waals surface area contributed by atoms with Gasteiger partial charge in [0.1, 0.15) is 23.9 Å². The number of carbonyl (C=O) groups excluding carboxylic acids is 2. The molecule has 1 N–H and O–H groups in total. The number of carbonyl (C=O) groups is 2. The van der Waals surface area contributed by atoms with Crippen molar-refractivity contribution in [1.82, 2.24) is 25.3 Å². The van der Waals surface area contributed by atoms with Gasteiger partial charge in [-0.3, -0.25) is 19.5 Å². The molecule has 0 aliphatic rings. The summed E-state index contributed by atoms with van der Waals surface area (Å²) in [6.45, 7) is 0.394. The summed E-state index contributed by atoms with van der Waals surface area (Å²) in [6, 6.07) is 15.0. The molecule has 0 spiro atoms. The van der Waals surface area contributed by atoms with Crippen LogP contribution in [0.25, 0.3) is 11.0 Å². The molecule has 0 unspecified atom stereocenters. The van der Waals surface area contributed by atoms with Crippen molar-refractivity contribution in [2.45, 2.75) is 12.6 Å². The highest BCUT2D eigenvalue weighted by molar-refractivity contribution is 6.01. The molecule has 4 aromatic rings. The predicted molar refractivity (Wildman–Crippen MR) is 123 cm³/mol. The Morgan fingerprint density at radius 1 is 1.09 bits per heavy atom. The number of hydrogen-bond donors (Lipinski definition) is 1. The largest absolute Gasteiger partial charge is 0.383 e. The van der Waals surface area contributed by atoms with Crippen LogP contribution in [-0.4, -0.2) is 52.1 Å². The van der Waals surface area contributed by atoms with Crippen molar-refractivity contribution in [3.05, 3.63) is 84.4 Å². The number of halogens is 1. The van der Waals surface area contributed by atoms with Crippen molar-refractivity contribution in [2.75, 3.05) is 25.2 Å². The van der Waals surface area contributed by atoms with Crippen molar-refractivity contribution in [1.29, 1.82) is 0 Å². The molecule has 2 amide bonds. The molecule has 0 aliphatic carbocycles. The zero-order valence-electron chi connectivity index (χ0n) is 18.5. The summed E-state index contributed by atoms with van der Waals surface area (Å²) in [4.78, 5) is 32.4. The van der Waals surface area contributed by atoms with Gasteiger partial charge in [0.05, 0.1) is 12.1 Å². The Hall–Kier alpha value is -4.18. The van der Waals surface area contributed by atoms with E-state index in [1.807, 2.05) is 18.2 Å². The molecule has 0 radical (unpaired) electrons. The second kappa shape index (κ2) is 10.6. The molecule has 34 heavy (non-hydrogen) atoms. The van der Waals surface area contributed by atoms with Gasteiger partial charge in [-0.25, -0.2) is 9.07 Å². The number of methoxy groups -OCH3 is 1. The van der Waals surface area contributed by atoms with Crippen LogP contribution >= 0.6 is 0 Å².